The maximum Gasteiger partial charge on any atom is 0.256 e. The van der Waals surface area contributed by atoms with Crippen molar-refractivity contribution in [2.24, 2.45) is 0 Å². The molecule has 5 rings (SSSR count). The van der Waals surface area contributed by atoms with Crippen LogP contribution in [0, 0.1) is 5.82 Å². The second-order valence-corrected chi connectivity index (χ2v) is 8.04. The second kappa shape index (κ2) is 8.28. The van der Waals surface area contributed by atoms with Gasteiger partial charge in [0.15, 0.2) is 0 Å². The van der Waals surface area contributed by atoms with Gasteiger partial charge in [-0.3, -0.25) is 4.79 Å². The number of thioether (sulfide) groups is 1. The molecule has 0 fully saturated rings. The zero-order chi connectivity index (χ0) is 21.2. The van der Waals surface area contributed by atoms with Crippen LogP contribution in [-0.2, 0) is 11.5 Å². The highest BCUT2D eigenvalue weighted by Crippen LogP contribution is 2.36. The highest BCUT2D eigenvalue weighted by molar-refractivity contribution is 7.98. The first kappa shape index (κ1) is 19.4. The average molecular weight is 431 g/mol. The summed E-state index contributed by atoms with van der Waals surface area (Å²) in [6.45, 7) is 0. The van der Waals surface area contributed by atoms with E-state index < -0.39 is 5.82 Å². The van der Waals surface area contributed by atoms with Crippen LogP contribution in [0.5, 0.6) is 11.5 Å². The van der Waals surface area contributed by atoms with Crippen molar-refractivity contribution in [2.75, 3.05) is 5.32 Å². The maximum absolute atomic E-state index is 13.6. The van der Waals surface area contributed by atoms with E-state index in [1.807, 2.05) is 54.6 Å². The van der Waals surface area contributed by atoms with Crippen molar-refractivity contribution in [2.45, 2.75) is 11.5 Å². The van der Waals surface area contributed by atoms with Crippen molar-refractivity contribution >= 4 is 23.5 Å². The molecule has 0 spiro atoms. The maximum atomic E-state index is 13.6. The summed E-state index contributed by atoms with van der Waals surface area (Å²) in [5.74, 6) is 2.82. The van der Waals surface area contributed by atoms with Crippen molar-refractivity contribution < 1.29 is 13.9 Å². The summed E-state index contributed by atoms with van der Waals surface area (Å²) in [5.41, 5.74) is 3.01. The summed E-state index contributed by atoms with van der Waals surface area (Å²) in [6.07, 6.45) is 0. The molecule has 1 amide bonds. The van der Waals surface area contributed by atoms with Crippen LogP contribution in [0.25, 0.3) is 5.69 Å². The van der Waals surface area contributed by atoms with E-state index in [0.717, 1.165) is 34.2 Å². The molecule has 3 aromatic carbocycles. The van der Waals surface area contributed by atoms with Crippen LogP contribution in [0.15, 0.2) is 78.9 Å². The molecule has 1 aliphatic rings. The number of hydrogen-bond acceptors (Lipinski definition) is 4. The first-order chi connectivity index (χ1) is 15.2. The third kappa shape index (κ3) is 4.04. The van der Waals surface area contributed by atoms with E-state index >= 15 is 0 Å². The van der Waals surface area contributed by atoms with Gasteiger partial charge < -0.3 is 10.1 Å². The predicted octanol–water partition coefficient (Wildman–Crippen LogP) is 5.80. The zero-order valence-electron chi connectivity index (χ0n) is 16.4. The van der Waals surface area contributed by atoms with Gasteiger partial charge in [0.05, 0.1) is 11.4 Å². The molecule has 7 heteroatoms. The lowest BCUT2D eigenvalue weighted by Gasteiger charge is -2.12. The molecular weight excluding hydrogens is 413 g/mol. The third-order valence-electron chi connectivity index (χ3n) is 4.93. The summed E-state index contributed by atoms with van der Waals surface area (Å²) in [4.78, 5) is 12.8. The number of benzene rings is 3. The summed E-state index contributed by atoms with van der Waals surface area (Å²) in [6, 6.07) is 22.7. The number of halogens is 1. The molecule has 0 aliphatic carbocycles. The minimum absolute atomic E-state index is 0.263. The van der Waals surface area contributed by atoms with Gasteiger partial charge in [-0.05, 0) is 54.6 Å². The highest BCUT2D eigenvalue weighted by atomic mass is 32.2. The van der Waals surface area contributed by atoms with Crippen molar-refractivity contribution in [3.8, 4) is 17.2 Å². The lowest BCUT2D eigenvalue weighted by molar-refractivity contribution is 0.102. The smallest absolute Gasteiger partial charge is 0.256 e. The van der Waals surface area contributed by atoms with Gasteiger partial charge in [-0.2, -0.15) is 16.9 Å². The number of para-hydroxylation sites is 1. The fourth-order valence-corrected chi connectivity index (χ4v) is 4.45. The number of anilines is 1. The summed E-state index contributed by atoms with van der Waals surface area (Å²) >= 11 is 1.75. The Bertz CT molecular complexity index is 1240. The Balaban J connectivity index is 1.44. The first-order valence-electron chi connectivity index (χ1n) is 9.76. The number of carbonyl (C=O) groups excluding carboxylic acids is 1. The Labute approximate surface area is 182 Å². The van der Waals surface area contributed by atoms with Gasteiger partial charge in [-0.1, -0.05) is 24.3 Å². The molecule has 2 heterocycles. The minimum atomic E-state index is -0.448. The van der Waals surface area contributed by atoms with Crippen LogP contribution >= 0.6 is 11.8 Å². The first-order valence-corrected chi connectivity index (χ1v) is 10.9. The highest BCUT2D eigenvalue weighted by Gasteiger charge is 2.25. The number of aromatic nitrogens is 2. The number of nitrogens with one attached hydrogen (secondary N) is 1. The molecule has 5 nitrogen and oxygen atoms in total. The number of fused-ring (bicyclic) bond motifs is 1. The van der Waals surface area contributed by atoms with E-state index in [1.54, 1.807) is 22.5 Å². The van der Waals surface area contributed by atoms with E-state index in [0.29, 0.717) is 11.6 Å². The van der Waals surface area contributed by atoms with Gasteiger partial charge in [0, 0.05) is 22.6 Å². The van der Waals surface area contributed by atoms with Gasteiger partial charge >= 0.3 is 0 Å². The molecule has 0 atom stereocenters. The second-order valence-electron chi connectivity index (χ2n) is 7.05. The van der Waals surface area contributed by atoms with Gasteiger partial charge in [-0.25, -0.2) is 9.07 Å². The fourth-order valence-electron chi connectivity index (χ4n) is 3.42. The predicted molar refractivity (Wildman–Crippen MR) is 119 cm³/mol. The molecular formula is C24H18FN3O2S. The monoisotopic (exact) mass is 431 g/mol. The molecule has 1 aromatic heterocycles. The van der Waals surface area contributed by atoms with Gasteiger partial charge in [-0.15, -0.1) is 0 Å². The van der Waals surface area contributed by atoms with E-state index in [9.17, 15) is 9.18 Å². The molecule has 31 heavy (non-hydrogen) atoms. The third-order valence-corrected chi connectivity index (χ3v) is 5.90. The van der Waals surface area contributed by atoms with Crippen molar-refractivity contribution in [1.29, 1.82) is 0 Å². The lowest BCUT2D eigenvalue weighted by Crippen LogP contribution is -2.16. The molecule has 0 saturated carbocycles. The van der Waals surface area contributed by atoms with Gasteiger partial charge in [0.2, 0.25) is 0 Å². The Morgan fingerprint density at radius 1 is 0.968 bits per heavy atom. The van der Waals surface area contributed by atoms with Crippen LogP contribution in [0.2, 0.25) is 0 Å². The van der Waals surface area contributed by atoms with Crippen LogP contribution in [-0.4, -0.2) is 15.7 Å². The van der Waals surface area contributed by atoms with Crippen LogP contribution in [0.4, 0.5) is 10.2 Å². The molecule has 154 valence electrons. The zero-order valence-corrected chi connectivity index (χ0v) is 17.2. The molecule has 0 bridgehead atoms. The minimum Gasteiger partial charge on any atom is -0.457 e. The van der Waals surface area contributed by atoms with Gasteiger partial charge in [0.25, 0.3) is 5.91 Å². The van der Waals surface area contributed by atoms with Crippen molar-refractivity contribution in [1.82, 2.24) is 9.78 Å². The quantitative estimate of drug-likeness (QED) is 0.434. The fraction of sp³-hybridized carbons (Fsp3) is 0.0833. The molecule has 0 saturated heterocycles. The summed E-state index contributed by atoms with van der Waals surface area (Å²) in [5, 5.41) is 7.64. The van der Waals surface area contributed by atoms with E-state index in [-0.39, 0.29) is 11.5 Å². The van der Waals surface area contributed by atoms with Crippen LogP contribution in [0.1, 0.15) is 21.6 Å². The molecule has 1 N–H and O–H groups in total. The Morgan fingerprint density at radius 3 is 2.52 bits per heavy atom. The van der Waals surface area contributed by atoms with Crippen molar-refractivity contribution in [3.05, 3.63) is 102 Å². The summed E-state index contributed by atoms with van der Waals surface area (Å²) in [7, 11) is 0. The van der Waals surface area contributed by atoms with E-state index in [4.69, 9.17) is 9.84 Å². The normalized spacial score (nSPS) is 12.4. The van der Waals surface area contributed by atoms with Gasteiger partial charge in [0.1, 0.15) is 23.1 Å². The average Bonchev–Trinajstić information content (AvgIpc) is 3.38. The lowest BCUT2D eigenvalue weighted by atomic mass is 10.2. The molecule has 1 aliphatic heterocycles. The number of hydrogen-bond donors (Lipinski definition) is 1. The number of ether oxygens (including phenoxy) is 1. The van der Waals surface area contributed by atoms with E-state index in [1.165, 1.54) is 18.2 Å². The molecule has 0 unspecified atom stereocenters. The Kier molecular flexibility index (Phi) is 5.18. The van der Waals surface area contributed by atoms with Crippen LogP contribution in [0.3, 0.4) is 0 Å². The summed E-state index contributed by atoms with van der Waals surface area (Å²) < 4.78 is 21.1. The topological polar surface area (TPSA) is 56.2 Å². The van der Waals surface area contributed by atoms with Crippen molar-refractivity contribution in [3.63, 3.8) is 0 Å². The number of nitrogens with zero attached hydrogens (tertiary/aromatic N) is 2. The molecule has 4 aromatic rings. The Hall–Kier alpha value is -3.58. The standard InChI is InChI=1S/C24H18FN3O2S/c25-17-6-4-5-16(13-17)24(29)26-23-21-14-31-15-22(21)27-28(23)18-9-11-20(12-10-18)30-19-7-2-1-3-8-19/h1-13H,14-15H2,(H,26,29). The number of amides is 1. The molecule has 0 radical (unpaired) electrons. The number of carbonyl (C=O) groups is 1. The number of rotatable bonds is 5. The van der Waals surface area contributed by atoms with Crippen LogP contribution < -0.4 is 10.1 Å². The SMILES string of the molecule is O=C(Nc1c2c(nn1-c1ccc(Oc3ccccc3)cc1)CSC2)c1cccc(F)c1. The van der Waals surface area contributed by atoms with E-state index in [2.05, 4.69) is 5.32 Å². The largest absolute Gasteiger partial charge is 0.457 e. The Morgan fingerprint density at radius 2 is 1.74 bits per heavy atom.